The highest BCUT2D eigenvalue weighted by atomic mass is 16.6. The Labute approximate surface area is 637 Å². The SMILES string of the molecule is CC(C)(C)OC(=O)N(CC1(C(N)=NO)CC1)[C@@H]1C[C@H]1c1ccccc1.CC(C)(C)OC(=O)N[C@@H]1CCC[C@H](C(=O)O)C1.CC(C)(C)OC(=O)N[C@@H]1CCC[C@H](c2nc(C3(CN(C(=O)OC(C)(C)C)[C@@H]4C[C@H]4c4ccccc4)CC3)no2)C1.N[C@@H]1CCC[C@H](c2nc(C3(CN[C@@H]4C[C@H]4c4ccccc4)CC3)no2)C1. The predicted octanol–water partition coefficient (Wildman–Crippen LogP) is 15.1. The van der Waals surface area contributed by atoms with Crippen molar-refractivity contribution in [3.05, 3.63) is 131 Å². The van der Waals surface area contributed by atoms with Crippen molar-refractivity contribution in [2.24, 2.45) is 28.0 Å². The largest absolute Gasteiger partial charge is 0.481 e. The smallest absolute Gasteiger partial charge is 0.410 e. The number of aromatic nitrogens is 4. The number of nitrogens with two attached hydrogens (primary N) is 2. The third-order valence-electron chi connectivity index (χ3n) is 22.3. The number of benzene rings is 3. The summed E-state index contributed by atoms with van der Waals surface area (Å²) in [6.45, 7) is 24.2. The summed E-state index contributed by atoms with van der Waals surface area (Å²) in [6.07, 6.45) is 18.1. The maximum Gasteiger partial charge on any atom is 0.410 e. The Morgan fingerprint density at radius 3 is 1.39 bits per heavy atom. The number of nitrogens with one attached hydrogen (secondary N) is 3. The van der Waals surface area contributed by atoms with Gasteiger partial charge in [-0.2, -0.15) is 9.97 Å². The van der Waals surface area contributed by atoms with Gasteiger partial charge in [0, 0.05) is 96.3 Å². The fourth-order valence-corrected chi connectivity index (χ4v) is 15.6. The van der Waals surface area contributed by atoms with Gasteiger partial charge in [-0.15, -0.1) is 0 Å². The van der Waals surface area contributed by atoms with Crippen LogP contribution in [0.4, 0.5) is 19.2 Å². The van der Waals surface area contributed by atoms with E-state index >= 15 is 0 Å². The number of hydrogen-bond donors (Lipinski definition) is 7. The van der Waals surface area contributed by atoms with Gasteiger partial charge in [-0.25, -0.2) is 19.2 Å². The van der Waals surface area contributed by atoms with E-state index in [4.69, 9.17) is 59.7 Å². The predicted molar refractivity (Wildman–Crippen MR) is 408 cm³/mol. The molecule has 0 bridgehead atoms. The second-order valence-electron chi connectivity index (χ2n) is 36.2. The fraction of sp³-hybridized carbons (Fsp3) is 0.663. The molecule has 14 rings (SSSR count). The molecule has 0 aliphatic heterocycles. The lowest BCUT2D eigenvalue weighted by molar-refractivity contribution is -0.143. The zero-order valence-corrected chi connectivity index (χ0v) is 65.7. The van der Waals surface area contributed by atoms with Crippen LogP contribution in [-0.2, 0) is 34.6 Å². The average Bonchev–Trinajstić information content (AvgIpc) is 1.59. The normalized spacial score (nSPS) is 26.9. The van der Waals surface area contributed by atoms with Gasteiger partial charge in [0.2, 0.25) is 11.8 Å². The Morgan fingerprint density at radius 2 is 0.954 bits per heavy atom. The van der Waals surface area contributed by atoms with Gasteiger partial charge in [-0.1, -0.05) is 126 Å². The molecule has 0 radical (unpaired) electrons. The number of ether oxygens (including phenoxy) is 4. The lowest BCUT2D eigenvalue weighted by Gasteiger charge is -2.30. The second kappa shape index (κ2) is 33.5. The van der Waals surface area contributed by atoms with Gasteiger partial charge < -0.3 is 75.5 Å². The molecule has 9 N–H and O–H groups in total. The average molecular weight is 1490 g/mol. The number of alkyl carbamates (subject to hydrolysis) is 2. The van der Waals surface area contributed by atoms with Crippen LogP contribution in [0, 0.1) is 11.3 Å². The topological polar surface area (TPSA) is 348 Å². The van der Waals surface area contributed by atoms with Crippen molar-refractivity contribution in [3.8, 4) is 0 Å². The number of rotatable bonds is 20. The lowest BCUT2D eigenvalue weighted by Crippen LogP contribution is -2.45. The van der Waals surface area contributed by atoms with Crippen molar-refractivity contribution in [3.63, 3.8) is 0 Å². The van der Waals surface area contributed by atoms with Crippen molar-refractivity contribution < 1.29 is 62.3 Å². The number of nitrogens with zero attached hydrogens (tertiary/aromatic N) is 7. The quantitative estimate of drug-likeness (QED) is 0.0125. The molecule has 12 atom stereocenters. The summed E-state index contributed by atoms with van der Waals surface area (Å²) in [5.74, 6) is 3.83. The number of carboxylic acids is 1. The van der Waals surface area contributed by atoms with Crippen LogP contribution in [-0.4, -0.2) is 155 Å². The molecule has 9 fully saturated rings. The number of amidine groups is 1. The van der Waals surface area contributed by atoms with E-state index in [1.807, 2.05) is 104 Å². The molecule has 4 amide bonds. The molecular weight excluding hydrogens is 1370 g/mol. The molecule has 108 heavy (non-hydrogen) atoms. The van der Waals surface area contributed by atoms with Crippen LogP contribution < -0.4 is 27.4 Å². The van der Waals surface area contributed by atoms with Gasteiger partial charge in [0.05, 0.1) is 11.3 Å². The first-order valence-electron chi connectivity index (χ1n) is 39.6. The van der Waals surface area contributed by atoms with E-state index < -0.39 is 46.0 Å². The summed E-state index contributed by atoms with van der Waals surface area (Å²) < 4.78 is 33.5. The summed E-state index contributed by atoms with van der Waals surface area (Å²) in [7, 11) is 0. The van der Waals surface area contributed by atoms with Crippen LogP contribution in [0.5, 0.6) is 0 Å². The zero-order chi connectivity index (χ0) is 77.6. The van der Waals surface area contributed by atoms with Gasteiger partial charge in [-0.3, -0.25) is 4.79 Å². The highest BCUT2D eigenvalue weighted by Gasteiger charge is 2.57. The van der Waals surface area contributed by atoms with Crippen LogP contribution in [0.15, 0.2) is 105 Å². The minimum Gasteiger partial charge on any atom is -0.481 e. The maximum absolute atomic E-state index is 13.4. The molecule has 0 saturated heterocycles. The molecule has 0 unspecified atom stereocenters. The fourth-order valence-electron chi connectivity index (χ4n) is 15.6. The van der Waals surface area contributed by atoms with Crippen LogP contribution >= 0.6 is 0 Å². The third-order valence-corrected chi connectivity index (χ3v) is 22.3. The molecule has 0 spiro atoms. The first kappa shape index (κ1) is 80.7. The first-order valence-corrected chi connectivity index (χ1v) is 39.6. The molecule has 2 heterocycles. The zero-order valence-electron chi connectivity index (χ0n) is 65.7. The Morgan fingerprint density at radius 1 is 0.528 bits per heavy atom. The summed E-state index contributed by atoms with van der Waals surface area (Å²) in [6, 6.07) is 32.4. The Kier molecular flexibility index (Phi) is 25.0. The monoisotopic (exact) mass is 1490 g/mol. The maximum atomic E-state index is 13.4. The Balaban J connectivity index is 0.000000150. The number of amides is 4. The number of hydrogen-bond acceptors (Lipinski definition) is 19. The van der Waals surface area contributed by atoms with E-state index in [9.17, 15) is 24.0 Å². The van der Waals surface area contributed by atoms with Crippen molar-refractivity contribution in [1.29, 1.82) is 0 Å². The molecule has 9 aliphatic carbocycles. The van der Waals surface area contributed by atoms with E-state index in [0.717, 1.165) is 127 Å². The number of oxime groups is 1. The van der Waals surface area contributed by atoms with Gasteiger partial charge >= 0.3 is 30.3 Å². The van der Waals surface area contributed by atoms with Crippen LogP contribution in [0.1, 0.15) is 288 Å². The molecule has 5 aromatic rings. The van der Waals surface area contributed by atoms with Gasteiger partial charge in [0.25, 0.3) is 0 Å². The van der Waals surface area contributed by atoms with Crippen LogP contribution in [0.2, 0.25) is 0 Å². The molecule has 590 valence electrons. The van der Waals surface area contributed by atoms with Gasteiger partial charge in [0.1, 0.15) is 28.2 Å². The van der Waals surface area contributed by atoms with Crippen molar-refractivity contribution >= 4 is 36.2 Å². The molecule has 2 aromatic heterocycles. The molecule has 9 saturated carbocycles. The first-order chi connectivity index (χ1) is 51.1. The van der Waals surface area contributed by atoms with E-state index in [-0.39, 0.29) is 70.9 Å². The minimum atomic E-state index is -0.777. The molecule has 25 nitrogen and oxygen atoms in total. The van der Waals surface area contributed by atoms with Gasteiger partial charge in [-0.05, 0) is 215 Å². The summed E-state index contributed by atoms with van der Waals surface area (Å²) in [4.78, 5) is 74.3. The molecule has 9 aliphatic rings. The van der Waals surface area contributed by atoms with E-state index in [0.29, 0.717) is 67.4 Å². The van der Waals surface area contributed by atoms with E-state index in [1.165, 1.54) is 29.5 Å². The number of carboxylic acid groups (broad SMARTS) is 1. The van der Waals surface area contributed by atoms with Crippen molar-refractivity contribution in [2.45, 2.75) is 317 Å². The molecule has 25 heteroatoms. The van der Waals surface area contributed by atoms with E-state index in [1.54, 1.807) is 25.7 Å². The lowest BCUT2D eigenvalue weighted by atomic mass is 9.85. The minimum absolute atomic E-state index is 0.00582. The highest BCUT2D eigenvalue weighted by Crippen LogP contribution is 2.54. The number of carbonyl (C=O) groups excluding carboxylic acids is 4. The van der Waals surface area contributed by atoms with Crippen molar-refractivity contribution in [1.82, 2.24) is 46.0 Å². The van der Waals surface area contributed by atoms with E-state index in [2.05, 4.69) is 86.0 Å². The Hall–Kier alpha value is -8.32. The van der Waals surface area contributed by atoms with Gasteiger partial charge in [0.15, 0.2) is 11.6 Å². The number of aliphatic carboxylic acids is 1. The van der Waals surface area contributed by atoms with Crippen LogP contribution in [0.25, 0.3) is 0 Å². The Bertz CT molecular complexity index is 3850. The summed E-state index contributed by atoms with van der Waals surface area (Å²) >= 11 is 0. The molecular formula is C83H120N12O13. The highest BCUT2D eigenvalue weighted by molar-refractivity contribution is 5.89. The second-order valence-corrected chi connectivity index (χ2v) is 36.2. The number of carbonyl (C=O) groups is 5. The van der Waals surface area contributed by atoms with Crippen molar-refractivity contribution in [2.75, 3.05) is 19.6 Å². The van der Waals surface area contributed by atoms with Crippen LogP contribution in [0.3, 0.4) is 0 Å². The third kappa shape index (κ3) is 22.7. The standard InChI is InChI=1S/C31H44N4O5.C21H28N4O.C19H27N3O3.C12H21NO4/c1-29(2,3)38-27(36)32-22-14-10-13-21(17-22)25-33-26(34-40-25)31(15-16-31)19-35(28(37)39-30(4,5)6)24-18-23(24)20-11-8-7-9-12-20;22-16-8-4-7-15(11-16)19-24-20(25-26-19)21(9-10-21)13-23-18-12-17(18)14-5-2-1-3-6-14;1-18(2,3)25-17(23)22(12-19(9-10-19)16(20)21-24)15-11-14(15)13-7-5-4-6-8-13;1-12(2,3)17-11(16)13-9-6-4-5-8(7-9)10(14)15/h7-9,11-12,21-24H,10,13-19H2,1-6H3,(H,32,36);1-3,5-6,15-18,23H,4,7-13,22H2;4-8,14-15,24H,9-12H2,1-3H3,(H2,20,21);8-9H,4-7H2,1-3H3,(H,13,16)(H,14,15)/t21-,22+,23-,24+;15-,16+,17-,18+;14-,15+;8-,9+/m0000/s1. The molecule has 3 aromatic carbocycles. The summed E-state index contributed by atoms with van der Waals surface area (Å²) in [5.41, 5.74) is 13.1. The summed E-state index contributed by atoms with van der Waals surface area (Å²) in [5, 5.41) is 39.5.